The molecule has 7 heteroatoms. The molecule has 0 fully saturated rings. The molecule has 0 bridgehead atoms. The van der Waals surface area contributed by atoms with Gasteiger partial charge in [0.2, 0.25) is 5.82 Å². The maximum atomic E-state index is 13.9. The minimum atomic E-state index is -0.867. The number of hydrogen-bond donors (Lipinski definition) is 1. The molecule has 2 rings (SSSR count). The van der Waals surface area contributed by atoms with Crippen LogP contribution in [-0.2, 0) is 6.54 Å². The zero-order valence-corrected chi connectivity index (χ0v) is 12.6. The van der Waals surface area contributed by atoms with E-state index in [0.717, 1.165) is 6.07 Å². The predicted octanol–water partition coefficient (Wildman–Crippen LogP) is 4.56. The quantitative estimate of drug-likeness (QED) is 0.645. The molecule has 0 unspecified atom stereocenters. The molecule has 0 saturated carbocycles. The molecule has 0 aliphatic heterocycles. The zero-order valence-electron chi connectivity index (χ0n) is 11.0. The van der Waals surface area contributed by atoms with Crippen LogP contribution in [0, 0.1) is 28.7 Å². The Labute approximate surface area is 128 Å². The number of rotatable bonds is 4. The Hall–Kier alpha value is -2.02. The van der Waals surface area contributed by atoms with Gasteiger partial charge in [0, 0.05) is 23.9 Å². The van der Waals surface area contributed by atoms with E-state index in [-0.39, 0.29) is 22.4 Å². The van der Waals surface area contributed by atoms with Gasteiger partial charge in [0.25, 0.3) is 0 Å². The lowest BCUT2D eigenvalue weighted by Gasteiger charge is -2.11. The van der Waals surface area contributed by atoms with Crippen LogP contribution in [0.15, 0.2) is 34.8 Å². The van der Waals surface area contributed by atoms with Gasteiger partial charge in [0.1, 0.15) is 5.82 Å². The fraction of sp³-hybridized carbons (Fsp3) is 0.143. The number of halogens is 3. The number of anilines is 1. The largest absolute Gasteiger partial charge is 0.381 e. The minimum absolute atomic E-state index is 0.0619. The number of nitrogens with zero attached hydrogens (tertiary/aromatic N) is 1. The molecule has 21 heavy (non-hydrogen) atoms. The third-order valence-corrected chi connectivity index (χ3v) is 3.60. The summed E-state index contributed by atoms with van der Waals surface area (Å²) in [6.45, 7) is 1.77. The first-order valence-electron chi connectivity index (χ1n) is 6.01. The number of hydrogen-bond acceptors (Lipinski definition) is 3. The molecule has 2 aromatic rings. The maximum absolute atomic E-state index is 13.9. The summed E-state index contributed by atoms with van der Waals surface area (Å²) >= 11 is 3.07. The lowest BCUT2D eigenvalue weighted by molar-refractivity contribution is -0.387. The van der Waals surface area contributed by atoms with Crippen molar-refractivity contribution in [1.82, 2.24) is 0 Å². The van der Waals surface area contributed by atoms with Crippen molar-refractivity contribution in [3.8, 4) is 0 Å². The Kier molecular flexibility index (Phi) is 4.52. The van der Waals surface area contributed by atoms with Crippen LogP contribution in [0.1, 0.15) is 11.1 Å². The van der Waals surface area contributed by atoms with Gasteiger partial charge in [-0.2, -0.15) is 4.39 Å². The molecule has 0 amide bonds. The van der Waals surface area contributed by atoms with Crippen LogP contribution in [0.2, 0.25) is 0 Å². The van der Waals surface area contributed by atoms with Gasteiger partial charge in [-0.05, 0) is 40.5 Å². The Morgan fingerprint density at radius 3 is 2.71 bits per heavy atom. The van der Waals surface area contributed by atoms with Crippen molar-refractivity contribution in [1.29, 1.82) is 0 Å². The maximum Gasteiger partial charge on any atom is 0.305 e. The second-order valence-corrected chi connectivity index (χ2v) is 5.30. The van der Waals surface area contributed by atoms with Crippen LogP contribution in [0.25, 0.3) is 0 Å². The van der Waals surface area contributed by atoms with Crippen molar-refractivity contribution in [2.45, 2.75) is 13.5 Å². The smallest absolute Gasteiger partial charge is 0.305 e. The summed E-state index contributed by atoms with van der Waals surface area (Å²) in [6, 6.07) is 6.88. The lowest BCUT2D eigenvalue weighted by atomic mass is 10.1. The highest BCUT2D eigenvalue weighted by Gasteiger charge is 2.17. The van der Waals surface area contributed by atoms with E-state index in [9.17, 15) is 18.9 Å². The molecule has 0 spiro atoms. The third kappa shape index (κ3) is 3.36. The van der Waals surface area contributed by atoms with Crippen molar-refractivity contribution >= 4 is 27.3 Å². The fourth-order valence-corrected chi connectivity index (χ4v) is 2.21. The van der Waals surface area contributed by atoms with Crippen molar-refractivity contribution in [3.63, 3.8) is 0 Å². The monoisotopic (exact) mass is 356 g/mol. The van der Waals surface area contributed by atoms with Crippen molar-refractivity contribution in [2.75, 3.05) is 5.32 Å². The number of nitro groups is 1. The summed E-state index contributed by atoms with van der Waals surface area (Å²) in [6.07, 6.45) is 0. The first-order valence-corrected chi connectivity index (χ1v) is 6.80. The van der Waals surface area contributed by atoms with E-state index < -0.39 is 16.4 Å². The summed E-state index contributed by atoms with van der Waals surface area (Å²) < 4.78 is 27.5. The van der Waals surface area contributed by atoms with Gasteiger partial charge < -0.3 is 5.32 Å². The van der Waals surface area contributed by atoms with Gasteiger partial charge in [-0.15, -0.1) is 0 Å². The Morgan fingerprint density at radius 1 is 1.33 bits per heavy atom. The van der Waals surface area contributed by atoms with E-state index in [2.05, 4.69) is 21.2 Å². The number of nitrogens with one attached hydrogen (secondary N) is 1. The van der Waals surface area contributed by atoms with E-state index in [0.29, 0.717) is 11.3 Å². The number of nitro benzene ring substituents is 1. The second-order valence-electron chi connectivity index (χ2n) is 4.44. The molecule has 0 aliphatic carbocycles. The average Bonchev–Trinajstić information content (AvgIpc) is 2.42. The SMILES string of the molecule is Cc1cc(F)c(Br)cc1NCc1cccc([N+](=O)[O-])c1F. The summed E-state index contributed by atoms with van der Waals surface area (Å²) in [7, 11) is 0. The molecule has 0 aliphatic rings. The highest BCUT2D eigenvalue weighted by atomic mass is 79.9. The van der Waals surface area contributed by atoms with Gasteiger partial charge in [-0.3, -0.25) is 10.1 Å². The molecule has 110 valence electrons. The van der Waals surface area contributed by atoms with Crippen LogP contribution in [0.4, 0.5) is 20.2 Å². The fourth-order valence-electron chi connectivity index (χ4n) is 1.87. The first-order chi connectivity index (χ1) is 9.90. The molecule has 2 aromatic carbocycles. The van der Waals surface area contributed by atoms with E-state index in [1.54, 1.807) is 13.0 Å². The van der Waals surface area contributed by atoms with Gasteiger partial charge in [-0.1, -0.05) is 12.1 Å². The summed E-state index contributed by atoms with van der Waals surface area (Å²) in [5, 5.41) is 13.6. The Balaban J connectivity index is 2.23. The molecule has 0 saturated heterocycles. The lowest BCUT2D eigenvalue weighted by Crippen LogP contribution is -2.05. The molecule has 1 N–H and O–H groups in total. The molecule has 0 heterocycles. The van der Waals surface area contributed by atoms with E-state index in [1.807, 2.05) is 0 Å². The van der Waals surface area contributed by atoms with E-state index in [1.165, 1.54) is 18.2 Å². The minimum Gasteiger partial charge on any atom is -0.381 e. The molecular formula is C14H11BrF2N2O2. The van der Waals surface area contributed by atoms with Crippen LogP contribution >= 0.6 is 15.9 Å². The molecule has 4 nitrogen and oxygen atoms in total. The van der Waals surface area contributed by atoms with Gasteiger partial charge in [0.15, 0.2) is 0 Å². The van der Waals surface area contributed by atoms with Crippen molar-refractivity contribution in [2.24, 2.45) is 0 Å². The van der Waals surface area contributed by atoms with Crippen LogP contribution in [0.5, 0.6) is 0 Å². The first kappa shape index (κ1) is 15.4. The Morgan fingerprint density at radius 2 is 2.05 bits per heavy atom. The second kappa shape index (κ2) is 6.17. The zero-order chi connectivity index (χ0) is 15.6. The van der Waals surface area contributed by atoms with Crippen molar-refractivity contribution < 1.29 is 13.7 Å². The predicted molar refractivity (Wildman–Crippen MR) is 79.2 cm³/mol. The van der Waals surface area contributed by atoms with Gasteiger partial charge in [-0.25, -0.2) is 4.39 Å². The topological polar surface area (TPSA) is 55.2 Å². The Bertz CT molecular complexity index is 708. The third-order valence-electron chi connectivity index (χ3n) is 2.99. The summed E-state index contributed by atoms with van der Waals surface area (Å²) in [5.41, 5.74) is 0.881. The highest BCUT2D eigenvalue weighted by molar-refractivity contribution is 9.10. The van der Waals surface area contributed by atoms with Crippen LogP contribution < -0.4 is 5.32 Å². The average molecular weight is 357 g/mol. The standard InChI is InChI=1S/C14H11BrF2N2O2/c1-8-5-11(16)10(15)6-12(8)18-7-9-3-2-4-13(14(9)17)19(20)21/h2-6,18H,7H2,1H3. The van der Waals surface area contributed by atoms with Gasteiger partial charge >= 0.3 is 5.69 Å². The van der Waals surface area contributed by atoms with Crippen LogP contribution in [0.3, 0.4) is 0 Å². The molecular weight excluding hydrogens is 346 g/mol. The highest BCUT2D eigenvalue weighted by Crippen LogP contribution is 2.26. The number of benzene rings is 2. The normalized spacial score (nSPS) is 10.5. The number of aryl methyl sites for hydroxylation is 1. The van der Waals surface area contributed by atoms with Crippen molar-refractivity contribution in [3.05, 3.63) is 67.7 Å². The molecule has 0 aromatic heterocycles. The van der Waals surface area contributed by atoms with Crippen LogP contribution in [-0.4, -0.2) is 4.92 Å². The van der Waals surface area contributed by atoms with E-state index in [4.69, 9.17) is 0 Å². The molecule has 0 radical (unpaired) electrons. The summed E-state index contributed by atoms with van der Waals surface area (Å²) in [5.74, 6) is -1.26. The molecule has 0 atom stereocenters. The van der Waals surface area contributed by atoms with Gasteiger partial charge in [0.05, 0.1) is 9.40 Å². The van der Waals surface area contributed by atoms with E-state index >= 15 is 0 Å². The summed E-state index contributed by atoms with van der Waals surface area (Å²) in [4.78, 5) is 9.92.